The zero-order chi connectivity index (χ0) is 32.3. The Labute approximate surface area is 262 Å². The monoisotopic (exact) mass is 606 g/mol. The number of Topliss-reactive ketones (excluding diaryl/α,β-unsaturated/α-hetero) is 1. The van der Waals surface area contributed by atoms with Gasteiger partial charge >= 0.3 is 0 Å². The van der Waals surface area contributed by atoms with Crippen LogP contribution in [0.5, 0.6) is 0 Å². The molecule has 232 valence electrons. The van der Waals surface area contributed by atoms with Gasteiger partial charge in [-0.2, -0.15) is 0 Å². The quantitative estimate of drug-likeness (QED) is 0.172. The van der Waals surface area contributed by atoms with Crippen molar-refractivity contribution in [1.82, 2.24) is 21.3 Å². The lowest BCUT2D eigenvalue weighted by Crippen LogP contribution is -2.57. The first-order valence-corrected chi connectivity index (χ1v) is 14.9. The highest BCUT2D eigenvalue weighted by atomic mass is 16.2. The van der Waals surface area contributed by atoms with Crippen molar-refractivity contribution in [2.75, 3.05) is 0 Å². The second-order valence-electron chi connectivity index (χ2n) is 11.3. The topological polar surface area (TPSA) is 133 Å². The van der Waals surface area contributed by atoms with Gasteiger partial charge in [0, 0.05) is 18.5 Å². The number of benzene rings is 4. The van der Waals surface area contributed by atoms with Crippen LogP contribution in [0.2, 0.25) is 0 Å². The molecule has 0 aromatic heterocycles. The van der Waals surface area contributed by atoms with Crippen molar-refractivity contribution in [3.63, 3.8) is 0 Å². The van der Waals surface area contributed by atoms with Crippen LogP contribution in [0, 0.1) is 5.92 Å². The first kappa shape index (κ1) is 32.6. The van der Waals surface area contributed by atoms with E-state index in [0.717, 1.165) is 21.9 Å². The Morgan fingerprint density at radius 3 is 1.91 bits per heavy atom. The van der Waals surface area contributed by atoms with Gasteiger partial charge in [-0.25, -0.2) is 0 Å². The zero-order valence-electron chi connectivity index (χ0n) is 25.6. The van der Waals surface area contributed by atoms with Gasteiger partial charge < -0.3 is 21.3 Å². The Hall–Kier alpha value is -5.31. The number of nitrogens with one attached hydrogen (secondary N) is 4. The molecule has 45 heavy (non-hydrogen) atoms. The molecule has 9 heteroatoms. The third kappa shape index (κ3) is 9.09. The van der Waals surface area contributed by atoms with Crippen LogP contribution >= 0.6 is 0 Å². The van der Waals surface area contributed by atoms with Crippen LogP contribution in [0.4, 0.5) is 0 Å². The van der Waals surface area contributed by atoms with Gasteiger partial charge in [-0.15, -0.1) is 0 Å². The highest BCUT2D eigenvalue weighted by molar-refractivity contribution is 6.38. The van der Waals surface area contributed by atoms with Crippen molar-refractivity contribution in [3.05, 3.63) is 120 Å². The van der Waals surface area contributed by atoms with E-state index in [1.165, 1.54) is 6.92 Å². The minimum absolute atomic E-state index is 0.171. The molecule has 4 aromatic rings. The maximum Gasteiger partial charge on any atom is 0.289 e. The summed E-state index contributed by atoms with van der Waals surface area (Å²) in [7, 11) is 0. The summed E-state index contributed by atoms with van der Waals surface area (Å²) >= 11 is 0. The molecule has 0 radical (unpaired) electrons. The molecule has 0 unspecified atom stereocenters. The summed E-state index contributed by atoms with van der Waals surface area (Å²) in [6, 6.07) is 28.2. The minimum atomic E-state index is -1.10. The molecule has 0 aliphatic heterocycles. The summed E-state index contributed by atoms with van der Waals surface area (Å²) in [6.07, 6.45) is 0.179. The highest BCUT2D eigenvalue weighted by Gasteiger charge is 2.32. The number of rotatable bonds is 13. The molecule has 0 bridgehead atoms. The Kier molecular flexibility index (Phi) is 11.2. The molecule has 3 atom stereocenters. The van der Waals surface area contributed by atoms with E-state index >= 15 is 0 Å². The van der Waals surface area contributed by atoms with E-state index in [-0.39, 0.29) is 13.0 Å². The van der Waals surface area contributed by atoms with Gasteiger partial charge in [-0.3, -0.25) is 24.0 Å². The molecular weight excluding hydrogens is 568 g/mol. The van der Waals surface area contributed by atoms with Crippen molar-refractivity contribution in [2.45, 2.75) is 51.9 Å². The predicted molar refractivity (Wildman–Crippen MR) is 173 cm³/mol. The van der Waals surface area contributed by atoms with Crippen molar-refractivity contribution >= 4 is 40.2 Å². The second kappa shape index (κ2) is 15.4. The Bertz CT molecular complexity index is 1660. The van der Waals surface area contributed by atoms with E-state index in [2.05, 4.69) is 21.3 Å². The molecule has 4 N–H and O–H groups in total. The van der Waals surface area contributed by atoms with E-state index in [4.69, 9.17) is 0 Å². The standard InChI is InChI=1S/C36H38N4O5/c1-23(2)31(32(41)36(45)37-22-25-12-6-4-7-13-25)40-33(42)24(3)38-35(44)30(39-34(43)28-15-8-5-9-16-28)21-26-18-19-27-14-10-11-17-29(27)20-26/h4-20,23-24,30-31H,21-22H2,1-3H3,(H,37,45)(H,38,44)(H,39,43)(H,40,42)/t24-,30+,31-/m0/s1. The van der Waals surface area contributed by atoms with Crippen LogP contribution < -0.4 is 21.3 Å². The highest BCUT2D eigenvalue weighted by Crippen LogP contribution is 2.17. The summed E-state index contributed by atoms with van der Waals surface area (Å²) in [5, 5.41) is 12.7. The van der Waals surface area contributed by atoms with Gasteiger partial charge in [0.05, 0.1) is 6.04 Å². The molecular formula is C36H38N4O5. The molecule has 4 aromatic carbocycles. The van der Waals surface area contributed by atoms with Crippen LogP contribution in [0.15, 0.2) is 103 Å². The lowest BCUT2D eigenvalue weighted by molar-refractivity contribution is -0.141. The van der Waals surface area contributed by atoms with Gasteiger partial charge in [-0.05, 0) is 46.9 Å². The number of carbonyl (C=O) groups excluding carboxylic acids is 5. The van der Waals surface area contributed by atoms with E-state index in [1.54, 1.807) is 44.2 Å². The summed E-state index contributed by atoms with van der Waals surface area (Å²) in [6.45, 7) is 5.09. The summed E-state index contributed by atoms with van der Waals surface area (Å²) < 4.78 is 0. The van der Waals surface area contributed by atoms with E-state index in [1.807, 2.05) is 72.8 Å². The fraction of sp³-hybridized carbons (Fsp3) is 0.250. The summed E-state index contributed by atoms with van der Waals surface area (Å²) in [5.41, 5.74) is 2.05. The Morgan fingerprint density at radius 2 is 1.24 bits per heavy atom. The molecule has 4 amide bonds. The van der Waals surface area contributed by atoms with Crippen LogP contribution in [-0.2, 0) is 32.1 Å². The SMILES string of the molecule is CC(C)[C@H](NC(=O)[C@H](C)NC(=O)[C@@H](Cc1ccc2ccccc2c1)NC(=O)c1ccccc1)C(=O)C(=O)NCc1ccccc1. The van der Waals surface area contributed by atoms with E-state index in [0.29, 0.717) is 5.56 Å². The van der Waals surface area contributed by atoms with Crippen molar-refractivity contribution in [3.8, 4) is 0 Å². The first-order valence-electron chi connectivity index (χ1n) is 14.9. The average Bonchev–Trinajstić information content (AvgIpc) is 3.05. The van der Waals surface area contributed by atoms with Gasteiger partial charge in [0.25, 0.3) is 11.8 Å². The van der Waals surface area contributed by atoms with Gasteiger partial charge in [0.2, 0.25) is 17.6 Å². The molecule has 0 heterocycles. The predicted octanol–water partition coefficient (Wildman–Crippen LogP) is 3.71. The smallest absolute Gasteiger partial charge is 0.289 e. The second-order valence-corrected chi connectivity index (χ2v) is 11.3. The van der Waals surface area contributed by atoms with Crippen molar-refractivity contribution < 1.29 is 24.0 Å². The van der Waals surface area contributed by atoms with Crippen LogP contribution in [0.3, 0.4) is 0 Å². The maximum atomic E-state index is 13.5. The van der Waals surface area contributed by atoms with Gasteiger partial charge in [-0.1, -0.05) is 105 Å². The van der Waals surface area contributed by atoms with Crippen molar-refractivity contribution in [2.24, 2.45) is 5.92 Å². The molecule has 9 nitrogen and oxygen atoms in total. The third-order valence-corrected chi connectivity index (χ3v) is 7.43. The summed E-state index contributed by atoms with van der Waals surface area (Å²) in [5.74, 6) is -3.61. The molecule has 0 saturated carbocycles. The van der Waals surface area contributed by atoms with Crippen LogP contribution in [0.1, 0.15) is 42.3 Å². The lowest BCUT2D eigenvalue weighted by Gasteiger charge is -2.25. The Balaban J connectivity index is 1.43. The third-order valence-electron chi connectivity index (χ3n) is 7.43. The molecule has 0 aliphatic carbocycles. The number of carbonyl (C=O) groups is 5. The normalized spacial score (nSPS) is 12.9. The lowest BCUT2D eigenvalue weighted by atomic mass is 9.98. The number of hydrogen-bond donors (Lipinski definition) is 4. The van der Waals surface area contributed by atoms with Crippen molar-refractivity contribution in [1.29, 1.82) is 0 Å². The zero-order valence-corrected chi connectivity index (χ0v) is 25.6. The minimum Gasteiger partial charge on any atom is -0.345 e. The summed E-state index contributed by atoms with van der Waals surface area (Å²) in [4.78, 5) is 65.4. The number of amides is 4. The molecule has 4 rings (SSSR count). The van der Waals surface area contributed by atoms with Gasteiger partial charge in [0.1, 0.15) is 12.1 Å². The largest absolute Gasteiger partial charge is 0.345 e. The maximum absolute atomic E-state index is 13.5. The van der Waals surface area contributed by atoms with E-state index < -0.39 is 53.5 Å². The van der Waals surface area contributed by atoms with Gasteiger partial charge in [0.15, 0.2) is 0 Å². The molecule has 0 spiro atoms. The first-order chi connectivity index (χ1) is 21.6. The number of hydrogen-bond acceptors (Lipinski definition) is 5. The Morgan fingerprint density at radius 1 is 0.622 bits per heavy atom. The number of fused-ring (bicyclic) bond motifs is 1. The average molecular weight is 607 g/mol. The van der Waals surface area contributed by atoms with Crippen LogP contribution in [-0.4, -0.2) is 47.5 Å². The molecule has 0 fully saturated rings. The number of ketones is 1. The fourth-order valence-corrected chi connectivity index (χ4v) is 4.84. The molecule has 0 aliphatic rings. The fourth-order valence-electron chi connectivity index (χ4n) is 4.84. The van der Waals surface area contributed by atoms with E-state index in [9.17, 15) is 24.0 Å². The molecule has 0 saturated heterocycles. The van der Waals surface area contributed by atoms with Crippen LogP contribution in [0.25, 0.3) is 10.8 Å².